The molecule has 1 aromatic carbocycles. The highest BCUT2D eigenvalue weighted by atomic mass is 35.5. The molecule has 130 valence electrons. The molecule has 2 N–H and O–H groups in total. The molecule has 0 aromatic heterocycles. The van der Waals surface area contributed by atoms with Crippen LogP contribution in [0.2, 0.25) is 0 Å². The molecule has 7 nitrogen and oxygen atoms in total. The summed E-state index contributed by atoms with van der Waals surface area (Å²) in [5, 5.41) is 13.3. The minimum Gasteiger partial charge on any atom is -0.353 e. The van der Waals surface area contributed by atoms with E-state index in [-0.39, 0.29) is 24.4 Å². The van der Waals surface area contributed by atoms with Gasteiger partial charge in [-0.25, -0.2) is 8.42 Å². The highest BCUT2D eigenvalue weighted by molar-refractivity contribution is 7.90. The lowest BCUT2D eigenvalue weighted by molar-refractivity contribution is -0.122. The highest BCUT2D eigenvalue weighted by Gasteiger charge is 2.25. The number of benzene rings is 1. The van der Waals surface area contributed by atoms with Gasteiger partial charge >= 0.3 is 0 Å². The number of halogens is 1. The van der Waals surface area contributed by atoms with Crippen molar-refractivity contribution in [2.75, 3.05) is 18.6 Å². The van der Waals surface area contributed by atoms with Crippen LogP contribution < -0.4 is 10.6 Å². The lowest BCUT2D eigenvalue weighted by atomic mass is 10.1. The Labute approximate surface area is 145 Å². The quantitative estimate of drug-likeness (QED) is 0.512. The maximum absolute atomic E-state index is 12.3. The Morgan fingerprint density at radius 1 is 1.38 bits per heavy atom. The van der Waals surface area contributed by atoms with E-state index in [1.54, 1.807) is 18.2 Å². The van der Waals surface area contributed by atoms with E-state index in [0.717, 1.165) is 11.8 Å². The number of carbonyl (C=O) groups excluding carboxylic acids is 2. The fourth-order valence-electron chi connectivity index (χ4n) is 1.89. The maximum Gasteiger partial charge on any atom is 0.251 e. The molecule has 9 heteroatoms. The molecular weight excluding hydrogens is 354 g/mol. The summed E-state index contributed by atoms with van der Waals surface area (Å²) < 4.78 is 23.0. The highest BCUT2D eigenvalue weighted by Crippen LogP contribution is 2.08. The summed E-state index contributed by atoms with van der Waals surface area (Å²) in [6.07, 6.45) is 1.06. The second-order valence-electron chi connectivity index (χ2n) is 5.15. The summed E-state index contributed by atoms with van der Waals surface area (Å²) in [6, 6.07) is 7.10. The zero-order chi connectivity index (χ0) is 18.2. The van der Waals surface area contributed by atoms with E-state index in [9.17, 15) is 18.0 Å². The van der Waals surface area contributed by atoms with Crippen LogP contribution in [0.5, 0.6) is 0 Å². The molecule has 0 aliphatic heterocycles. The monoisotopic (exact) mass is 371 g/mol. The van der Waals surface area contributed by atoms with Gasteiger partial charge in [-0.2, -0.15) is 5.26 Å². The van der Waals surface area contributed by atoms with Gasteiger partial charge in [-0.1, -0.05) is 12.1 Å². The molecule has 1 aromatic rings. The van der Waals surface area contributed by atoms with Crippen LogP contribution in [0.4, 0.5) is 0 Å². The molecule has 2 amide bonds. The van der Waals surface area contributed by atoms with Crippen LogP contribution in [0.3, 0.4) is 0 Å². The molecule has 1 unspecified atom stereocenters. The predicted octanol–water partition coefficient (Wildman–Crippen LogP) is 0.598. The molecule has 0 saturated heterocycles. The van der Waals surface area contributed by atoms with Crippen molar-refractivity contribution in [2.45, 2.75) is 18.3 Å². The van der Waals surface area contributed by atoms with Gasteiger partial charge in [-0.05, 0) is 17.7 Å². The third-order valence-corrected chi connectivity index (χ3v) is 4.22. The fraction of sp³-hybridized carbons (Fsp3) is 0.400. The summed E-state index contributed by atoms with van der Waals surface area (Å²) in [4.78, 5) is 24.3. The number of hydrogen-bond donors (Lipinski definition) is 2. The number of sulfone groups is 1. The average Bonchev–Trinajstić information content (AvgIpc) is 2.53. The number of nitrogens with zero attached hydrogens (tertiary/aromatic N) is 1. The topological polar surface area (TPSA) is 116 Å². The molecule has 0 spiro atoms. The number of carbonyl (C=O) groups is 2. The van der Waals surface area contributed by atoms with E-state index in [1.807, 2.05) is 6.07 Å². The van der Waals surface area contributed by atoms with Crippen molar-refractivity contribution in [3.63, 3.8) is 0 Å². The number of rotatable bonds is 8. The minimum absolute atomic E-state index is 0.0766. The summed E-state index contributed by atoms with van der Waals surface area (Å²) in [7, 11) is -3.50. The molecule has 0 saturated carbocycles. The summed E-state index contributed by atoms with van der Waals surface area (Å²) >= 11 is 5.72. The van der Waals surface area contributed by atoms with Crippen molar-refractivity contribution in [1.29, 1.82) is 5.26 Å². The van der Waals surface area contributed by atoms with E-state index in [2.05, 4.69) is 10.6 Å². The molecular formula is C15H18ClN3O4S. The van der Waals surface area contributed by atoms with Gasteiger partial charge in [0.15, 0.2) is 0 Å². The van der Waals surface area contributed by atoms with Crippen LogP contribution in [0.25, 0.3) is 0 Å². The number of hydrogen-bond acceptors (Lipinski definition) is 5. The van der Waals surface area contributed by atoms with Crippen LogP contribution in [0.15, 0.2) is 24.3 Å². The maximum atomic E-state index is 12.3. The molecule has 0 radical (unpaired) electrons. The van der Waals surface area contributed by atoms with Crippen LogP contribution in [0, 0.1) is 11.3 Å². The Bertz CT molecular complexity index is 743. The lowest BCUT2D eigenvalue weighted by Crippen LogP contribution is -2.50. The molecule has 0 heterocycles. The summed E-state index contributed by atoms with van der Waals surface area (Å²) in [5.74, 6) is -1.54. The SMILES string of the molecule is CS(=O)(=O)CC(NC(=O)c1cccc(CCl)c1)C(=O)NCCC#N. The molecule has 0 aliphatic carbocycles. The Kier molecular flexibility index (Phi) is 7.68. The van der Waals surface area contributed by atoms with E-state index in [0.29, 0.717) is 0 Å². The van der Waals surface area contributed by atoms with Gasteiger partial charge in [0.25, 0.3) is 5.91 Å². The minimum atomic E-state index is -3.50. The summed E-state index contributed by atoms with van der Waals surface area (Å²) in [5.41, 5.74) is 0.999. The van der Waals surface area contributed by atoms with Crippen molar-refractivity contribution < 1.29 is 18.0 Å². The predicted molar refractivity (Wildman–Crippen MR) is 90.2 cm³/mol. The largest absolute Gasteiger partial charge is 0.353 e. The van der Waals surface area contributed by atoms with Crippen molar-refractivity contribution in [3.05, 3.63) is 35.4 Å². The Hall–Kier alpha value is -2.11. The van der Waals surface area contributed by atoms with Crippen LogP contribution in [0.1, 0.15) is 22.3 Å². The van der Waals surface area contributed by atoms with Gasteiger partial charge < -0.3 is 10.6 Å². The molecule has 1 atom stereocenters. The second-order valence-corrected chi connectivity index (χ2v) is 7.60. The van der Waals surface area contributed by atoms with Gasteiger partial charge in [-0.3, -0.25) is 9.59 Å². The Balaban J connectivity index is 2.88. The third kappa shape index (κ3) is 6.98. The molecule has 0 aliphatic rings. The molecule has 24 heavy (non-hydrogen) atoms. The molecule has 0 bridgehead atoms. The van der Waals surface area contributed by atoms with Crippen LogP contribution in [-0.4, -0.2) is 44.8 Å². The first-order chi connectivity index (χ1) is 11.3. The van der Waals surface area contributed by atoms with Gasteiger partial charge in [0.1, 0.15) is 15.9 Å². The molecule has 1 rings (SSSR count). The zero-order valence-corrected chi connectivity index (χ0v) is 14.7. The number of alkyl halides is 1. The van der Waals surface area contributed by atoms with Crippen molar-refractivity contribution in [2.24, 2.45) is 0 Å². The third-order valence-electron chi connectivity index (χ3n) is 2.97. The standard InChI is InChI=1S/C15H18ClN3O4S/c1-24(22,23)10-13(15(21)18-7-3-6-17)19-14(20)12-5-2-4-11(8-12)9-16/h2,4-5,8,13H,3,7,9-10H2,1H3,(H,18,21)(H,19,20). The van der Waals surface area contributed by atoms with Gasteiger partial charge in [0.05, 0.1) is 18.2 Å². The number of amides is 2. The van der Waals surface area contributed by atoms with E-state index >= 15 is 0 Å². The normalized spacial score (nSPS) is 12.0. The first kappa shape index (κ1) is 19.9. The van der Waals surface area contributed by atoms with Crippen molar-refractivity contribution >= 4 is 33.3 Å². The van der Waals surface area contributed by atoms with Crippen LogP contribution in [-0.2, 0) is 20.5 Å². The Morgan fingerprint density at radius 3 is 2.67 bits per heavy atom. The Morgan fingerprint density at radius 2 is 2.08 bits per heavy atom. The second kappa shape index (κ2) is 9.25. The van der Waals surface area contributed by atoms with Crippen molar-refractivity contribution in [3.8, 4) is 6.07 Å². The smallest absolute Gasteiger partial charge is 0.251 e. The molecule has 0 fully saturated rings. The number of nitriles is 1. The van der Waals surface area contributed by atoms with E-state index in [1.165, 1.54) is 6.07 Å². The van der Waals surface area contributed by atoms with Gasteiger partial charge in [0, 0.05) is 24.2 Å². The van der Waals surface area contributed by atoms with Gasteiger partial charge in [0.2, 0.25) is 5.91 Å². The number of nitrogens with one attached hydrogen (secondary N) is 2. The van der Waals surface area contributed by atoms with E-state index in [4.69, 9.17) is 16.9 Å². The summed E-state index contributed by atoms with van der Waals surface area (Å²) in [6.45, 7) is 0.0766. The van der Waals surface area contributed by atoms with Crippen molar-refractivity contribution in [1.82, 2.24) is 10.6 Å². The zero-order valence-electron chi connectivity index (χ0n) is 13.1. The first-order valence-corrected chi connectivity index (χ1v) is 9.64. The van der Waals surface area contributed by atoms with Gasteiger partial charge in [-0.15, -0.1) is 11.6 Å². The average molecular weight is 372 g/mol. The van der Waals surface area contributed by atoms with E-state index < -0.39 is 33.4 Å². The lowest BCUT2D eigenvalue weighted by Gasteiger charge is -2.17. The van der Waals surface area contributed by atoms with Crippen LogP contribution >= 0.6 is 11.6 Å². The fourth-order valence-corrected chi connectivity index (χ4v) is 2.89. The first-order valence-electron chi connectivity index (χ1n) is 7.05.